The van der Waals surface area contributed by atoms with Gasteiger partial charge in [0.05, 0.1) is 35.5 Å². The molecular weight excluding hydrogens is 431 g/mol. The van der Waals surface area contributed by atoms with Crippen molar-refractivity contribution in [3.63, 3.8) is 0 Å². The number of hydrogen-bond donors (Lipinski definition) is 1. The van der Waals surface area contributed by atoms with Crippen molar-refractivity contribution in [2.24, 2.45) is 11.8 Å². The summed E-state index contributed by atoms with van der Waals surface area (Å²) in [5.41, 5.74) is 5.50. The summed E-state index contributed by atoms with van der Waals surface area (Å²) < 4.78 is 38.8. The Morgan fingerprint density at radius 2 is 1.91 bits per heavy atom. The summed E-state index contributed by atoms with van der Waals surface area (Å²) in [5, 5.41) is 3.43. The van der Waals surface area contributed by atoms with Crippen molar-refractivity contribution in [2.75, 3.05) is 4.90 Å². The number of β-lactam (4-membered cyclic amide) rings is 1. The van der Waals surface area contributed by atoms with Gasteiger partial charge in [-0.3, -0.25) is 4.79 Å². The number of aromatic amines is 1. The Kier molecular flexibility index (Phi) is 4.21. The molecule has 4 aromatic rings. The van der Waals surface area contributed by atoms with Crippen LogP contribution in [0.5, 0.6) is 0 Å². The maximum atomic E-state index is 13.2. The van der Waals surface area contributed by atoms with Gasteiger partial charge in [-0.2, -0.15) is 9.78 Å². The number of nitrogens with one attached hydrogen (secondary N) is 1. The van der Waals surface area contributed by atoms with E-state index >= 15 is 0 Å². The van der Waals surface area contributed by atoms with Gasteiger partial charge < -0.3 is 9.88 Å². The second kappa shape index (κ2) is 6.94. The van der Waals surface area contributed by atoms with E-state index < -0.39 is 6.30 Å². The third-order valence-electron chi connectivity index (χ3n) is 6.72. The number of carbonyl (C=O) groups excluding carboxylic acids is 1. The molecule has 1 N–H and O–H groups in total. The Morgan fingerprint density at radius 3 is 2.61 bits per heavy atom. The van der Waals surface area contributed by atoms with E-state index in [4.69, 9.17) is 0 Å². The van der Waals surface area contributed by atoms with E-state index in [9.17, 15) is 18.0 Å². The van der Waals surface area contributed by atoms with Gasteiger partial charge in [-0.25, -0.2) is 4.98 Å². The number of imidazole rings is 1. The molecule has 0 unspecified atom stereocenters. The van der Waals surface area contributed by atoms with Crippen molar-refractivity contribution in [3.8, 4) is 11.1 Å². The molecular formula is C24H20F3N5O. The van der Waals surface area contributed by atoms with E-state index in [0.717, 1.165) is 46.9 Å². The number of aryl methyl sites for hydroxylation is 1. The standard InChI is InChI=1S/C24H20F3N5O/c1-13-8-15(16-10-30-31(11-16)24(25,26)27)4-6-18(13)22-21(14-2-3-14)23(33)32(22)17-5-7-19-20(9-17)29-12-28-19/h4-12,14,21-22H,2-3H2,1H3,(H,28,29)/t21-,22+/m0/s1. The minimum absolute atomic E-state index is 0.00617. The molecule has 2 aromatic heterocycles. The second-order valence-electron chi connectivity index (χ2n) is 8.83. The molecule has 1 saturated heterocycles. The van der Waals surface area contributed by atoms with Gasteiger partial charge in [-0.05, 0) is 60.6 Å². The van der Waals surface area contributed by atoms with Crippen LogP contribution in [0.2, 0.25) is 0 Å². The Morgan fingerprint density at radius 1 is 1.09 bits per heavy atom. The molecule has 2 fully saturated rings. The fourth-order valence-electron chi connectivity index (χ4n) is 4.91. The van der Waals surface area contributed by atoms with E-state index in [0.29, 0.717) is 17.0 Å². The number of fused-ring (bicyclic) bond motifs is 1. The zero-order valence-corrected chi connectivity index (χ0v) is 17.7. The number of H-pyrrole nitrogens is 1. The van der Waals surface area contributed by atoms with Crippen LogP contribution in [-0.4, -0.2) is 25.7 Å². The average molecular weight is 451 g/mol. The molecule has 168 valence electrons. The molecule has 1 amide bonds. The van der Waals surface area contributed by atoms with Gasteiger partial charge in [0, 0.05) is 17.4 Å². The first-order valence-corrected chi connectivity index (χ1v) is 10.8. The molecule has 6 rings (SSSR count). The number of halogens is 3. The van der Waals surface area contributed by atoms with E-state index in [1.165, 1.54) is 6.20 Å². The molecule has 6 nitrogen and oxygen atoms in total. The Bertz CT molecular complexity index is 1380. The molecule has 33 heavy (non-hydrogen) atoms. The number of benzene rings is 2. The number of amides is 1. The topological polar surface area (TPSA) is 66.8 Å². The first-order valence-electron chi connectivity index (χ1n) is 10.8. The Labute approximate surface area is 187 Å². The zero-order valence-electron chi connectivity index (χ0n) is 17.7. The third-order valence-corrected chi connectivity index (χ3v) is 6.72. The highest BCUT2D eigenvalue weighted by Gasteiger charge is 2.55. The summed E-state index contributed by atoms with van der Waals surface area (Å²) in [7, 11) is 0. The van der Waals surface area contributed by atoms with E-state index in [2.05, 4.69) is 15.1 Å². The highest BCUT2D eigenvalue weighted by Crippen LogP contribution is 2.54. The lowest BCUT2D eigenvalue weighted by Gasteiger charge is -2.48. The van der Waals surface area contributed by atoms with E-state index in [1.807, 2.05) is 48.2 Å². The highest BCUT2D eigenvalue weighted by atomic mass is 19.4. The van der Waals surface area contributed by atoms with Crippen LogP contribution >= 0.6 is 0 Å². The second-order valence-corrected chi connectivity index (χ2v) is 8.83. The molecule has 9 heteroatoms. The van der Waals surface area contributed by atoms with Crippen LogP contribution in [-0.2, 0) is 11.1 Å². The molecule has 3 heterocycles. The maximum absolute atomic E-state index is 13.2. The van der Waals surface area contributed by atoms with Crippen molar-refractivity contribution >= 4 is 22.6 Å². The van der Waals surface area contributed by atoms with Gasteiger partial charge in [0.15, 0.2) is 0 Å². The van der Waals surface area contributed by atoms with Crippen LogP contribution < -0.4 is 4.90 Å². The van der Waals surface area contributed by atoms with Crippen LogP contribution in [0.25, 0.3) is 22.2 Å². The van der Waals surface area contributed by atoms with Crippen LogP contribution in [0.1, 0.15) is 30.0 Å². The molecule has 2 aromatic carbocycles. The number of hydrogen-bond acceptors (Lipinski definition) is 3. The van der Waals surface area contributed by atoms with Gasteiger partial charge in [0.2, 0.25) is 5.91 Å². The molecule has 2 aliphatic rings. The van der Waals surface area contributed by atoms with E-state index in [1.54, 1.807) is 6.33 Å². The zero-order chi connectivity index (χ0) is 22.9. The molecule has 0 bridgehead atoms. The smallest absolute Gasteiger partial charge is 0.345 e. The lowest BCUT2D eigenvalue weighted by molar-refractivity contribution is -0.212. The van der Waals surface area contributed by atoms with Crippen LogP contribution in [0, 0.1) is 18.8 Å². The van der Waals surface area contributed by atoms with Crippen molar-refractivity contribution in [2.45, 2.75) is 32.1 Å². The van der Waals surface area contributed by atoms with Crippen LogP contribution in [0.3, 0.4) is 0 Å². The summed E-state index contributed by atoms with van der Waals surface area (Å²) in [6.07, 6.45) is 1.38. The predicted molar refractivity (Wildman–Crippen MR) is 116 cm³/mol. The molecule has 1 saturated carbocycles. The lowest BCUT2D eigenvalue weighted by atomic mass is 9.77. The van der Waals surface area contributed by atoms with Gasteiger partial charge in [-0.15, -0.1) is 13.2 Å². The number of rotatable bonds is 4. The SMILES string of the molecule is Cc1cc(-c2cnn(C(F)(F)F)c2)ccc1[C@@H]1[C@H](C2CC2)C(=O)N1c1ccc2[nH]cnc2c1. The first-order chi connectivity index (χ1) is 15.8. The predicted octanol–water partition coefficient (Wildman–Crippen LogP) is 5.33. The average Bonchev–Trinajstić information content (AvgIpc) is 3.25. The normalized spacial score (nSPS) is 21.0. The Balaban J connectivity index is 1.37. The molecule has 0 radical (unpaired) electrons. The Hall–Kier alpha value is -3.62. The number of carbonyl (C=O) groups is 1. The number of nitrogens with zero attached hydrogens (tertiary/aromatic N) is 4. The molecule has 2 atom stereocenters. The fourth-order valence-corrected chi connectivity index (χ4v) is 4.91. The van der Waals surface area contributed by atoms with Crippen molar-refractivity contribution < 1.29 is 18.0 Å². The van der Waals surface area contributed by atoms with Crippen LogP contribution in [0.15, 0.2) is 55.1 Å². The molecule has 1 aliphatic heterocycles. The first kappa shape index (κ1) is 20.0. The summed E-state index contributed by atoms with van der Waals surface area (Å²) in [6, 6.07) is 11.3. The molecule has 0 spiro atoms. The monoisotopic (exact) mass is 451 g/mol. The number of aromatic nitrogens is 4. The van der Waals surface area contributed by atoms with Crippen molar-refractivity contribution in [3.05, 3.63) is 66.2 Å². The molecule has 1 aliphatic carbocycles. The van der Waals surface area contributed by atoms with Gasteiger partial charge in [0.1, 0.15) is 0 Å². The van der Waals surface area contributed by atoms with Crippen molar-refractivity contribution in [1.29, 1.82) is 0 Å². The number of alkyl halides is 3. The van der Waals surface area contributed by atoms with Gasteiger partial charge in [-0.1, -0.05) is 18.2 Å². The van der Waals surface area contributed by atoms with Gasteiger partial charge in [0.25, 0.3) is 0 Å². The summed E-state index contributed by atoms with van der Waals surface area (Å²) in [5.74, 6) is 0.432. The minimum Gasteiger partial charge on any atom is -0.345 e. The quantitative estimate of drug-likeness (QED) is 0.427. The van der Waals surface area contributed by atoms with E-state index in [-0.39, 0.29) is 22.5 Å². The highest BCUT2D eigenvalue weighted by molar-refractivity contribution is 6.04. The largest absolute Gasteiger partial charge is 0.504 e. The fraction of sp³-hybridized carbons (Fsp3) is 0.292. The summed E-state index contributed by atoms with van der Waals surface area (Å²) >= 11 is 0. The minimum atomic E-state index is -4.55. The third kappa shape index (κ3) is 3.21. The summed E-state index contributed by atoms with van der Waals surface area (Å²) in [4.78, 5) is 22.4. The van der Waals surface area contributed by atoms with Crippen LogP contribution in [0.4, 0.5) is 18.9 Å². The lowest BCUT2D eigenvalue weighted by Crippen LogP contribution is -2.56. The summed E-state index contributed by atoms with van der Waals surface area (Å²) in [6.45, 7) is 1.94. The van der Waals surface area contributed by atoms with Crippen molar-refractivity contribution in [1.82, 2.24) is 19.7 Å². The van der Waals surface area contributed by atoms with Gasteiger partial charge >= 0.3 is 6.30 Å². The maximum Gasteiger partial charge on any atom is 0.504 e. The number of anilines is 1.